The number of rotatable bonds is 7. The standard InChI is InChI=1S/C16H18FN5O3S2/c17-11-5-3-10(4-6-11)14(24)20-19-13(23)9-26-16-22-21-15(27-16)18-8-12-2-1-7-25-12/h3-6,12H,1-2,7-9H2,(H,18,21)(H,19,23)(H,20,24). The zero-order valence-corrected chi connectivity index (χ0v) is 15.9. The van der Waals surface area contributed by atoms with Crippen LogP contribution in [0.15, 0.2) is 28.6 Å². The number of carbonyl (C=O) groups excluding carboxylic acids is 2. The van der Waals surface area contributed by atoms with Gasteiger partial charge in [0, 0.05) is 18.7 Å². The Bertz CT molecular complexity index is 781. The minimum Gasteiger partial charge on any atom is -0.376 e. The van der Waals surface area contributed by atoms with E-state index in [0.29, 0.717) is 16.0 Å². The predicted octanol–water partition coefficient (Wildman–Crippen LogP) is 1.82. The molecular weight excluding hydrogens is 393 g/mol. The normalized spacial score (nSPS) is 16.1. The molecule has 0 aliphatic carbocycles. The van der Waals surface area contributed by atoms with Gasteiger partial charge in [-0.2, -0.15) is 0 Å². The molecule has 1 aliphatic rings. The van der Waals surface area contributed by atoms with E-state index < -0.39 is 11.7 Å². The zero-order valence-electron chi connectivity index (χ0n) is 14.2. The molecule has 2 aromatic rings. The first kappa shape index (κ1) is 19.5. The summed E-state index contributed by atoms with van der Waals surface area (Å²) < 4.78 is 19.0. The molecular formula is C16H18FN5O3S2. The third-order valence-electron chi connectivity index (χ3n) is 3.66. The van der Waals surface area contributed by atoms with E-state index >= 15 is 0 Å². The molecule has 1 saturated heterocycles. The van der Waals surface area contributed by atoms with Gasteiger partial charge in [0.1, 0.15) is 5.82 Å². The Morgan fingerprint density at radius 1 is 1.26 bits per heavy atom. The van der Waals surface area contributed by atoms with E-state index in [9.17, 15) is 14.0 Å². The van der Waals surface area contributed by atoms with Crippen molar-refractivity contribution in [2.24, 2.45) is 0 Å². The summed E-state index contributed by atoms with van der Waals surface area (Å²) in [6.07, 6.45) is 2.33. The molecule has 2 heterocycles. The number of hydrogen-bond donors (Lipinski definition) is 3. The number of halogens is 1. The molecule has 0 bridgehead atoms. The van der Waals surface area contributed by atoms with Gasteiger partial charge in [-0.25, -0.2) is 4.39 Å². The average molecular weight is 411 g/mol. The predicted molar refractivity (Wildman–Crippen MR) is 100 cm³/mol. The molecule has 1 aliphatic heterocycles. The second kappa shape index (κ2) is 9.62. The number of carbonyl (C=O) groups is 2. The van der Waals surface area contributed by atoms with E-state index in [1.165, 1.54) is 47.4 Å². The Labute approximate surface area is 163 Å². The van der Waals surface area contributed by atoms with Crippen molar-refractivity contribution in [1.29, 1.82) is 0 Å². The molecule has 0 spiro atoms. The minimum absolute atomic E-state index is 0.0735. The van der Waals surface area contributed by atoms with Crippen LogP contribution in [0.3, 0.4) is 0 Å². The molecule has 3 rings (SSSR count). The van der Waals surface area contributed by atoms with Gasteiger partial charge in [-0.3, -0.25) is 20.4 Å². The molecule has 27 heavy (non-hydrogen) atoms. The van der Waals surface area contributed by atoms with Gasteiger partial charge in [-0.05, 0) is 37.1 Å². The van der Waals surface area contributed by atoms with Crippen LogP contribution in [-0.2, 0) is 9.53 Å². The van der Waals surface area contributed by atoms with E-state index in [2.05, 4.69) is 26.4 Å². The highest BCUT2D eigenvalue weighted by molar-refractivity contribution is 8.01. The van der Waals surface area contributed by atoms with Crippen molar-refractivity contribution in [2.75, 3.05) is 24.2 Å². The summed E-state index contributed by atoms with van der Waals surface area (Å²) in [4.78, 5) is 23.7. The fraction of sp³-hybridized carbons (Fsp3) is 0.375. The first-order chi connectivity index (χ1) is 13.1. The molecule has 0 radical (unpaired) electrons. The third-order valence-corrected chi connectivity index (χ3v) is 5.67. The van der Waals surface area contributed by atoms with E-state index in [1.807, 2.05) is 0 Å². The number of nitrogens with one attached hydrogen (secondary N) is 3. The van der Waals surface area contributed by atoms with Crippen LogP contribution in [0.5, 0.6) is 0 Å². The van der Waals surface area contributed by atoms with Gasteiger partial charge in [-0.1, -0.05) is 23.1 Å². The van der Waals surface area contributed by atoms with Crippen LogP contribution in [0.25, 0.3) is 0 Å². The summed E-state index contributed by atoms with van der Waals surface area (Å²) in [5.41, 5.74) is 4.83. The Balaban J connectivity index is 1.36. The molecule has 8 nitrogen and oxygen atoms in total. The SMILES string of the molecule is O=C(CSc1nnc(NCC2CCCO2)s1)NNC(=O)c1ccc(F)cc1. The van der Waals surface area contributed by atoms with Gasteiger partial charge in [0.15, 0.2) is 4.34 Å². The number of hydrazine groups is 1. The number of benzene rings is 1. The fourth-order valence-electron chi connectivity index (χ4n) is 2.31. The monoisotopic (exact) mass is 411 g/mol. The number of anilines is 1. The van der Waals surface area contributed by atoms with Crippen molar-refractivity contribution in [3.05, 3.63) is 35.6 Å². The Morgan fingerprint density at radius 3 is 2.81 bits per heavy atom. The molecule has 2 amide bonds. The second-order valence-corrected chi connectivity index (χ2v) is 7.89. The Kier molecular flexibility index (Phi) is 6.96. The van der Waals surface area contributed by atoms with Crippen LogP contribution in [-0.4, -0.2) is 47.0 Å². The Morgan fingerprint density at radius 2 is 2.07 bits per heavy atom. The summed E-state index contributed by atoms with van der Waals surface area (Å²) in [5.74, 6) is -1.28. The van der Waals surface area contributed by atoms with E-state index in [0.717, 1.165) is 19.4 Å². The van der Waals surface area contributed by atoms with Gasteiger partial charge in [0.2, 0.25) is 11.0 Å². The van der Waals surface area contributed by atoms with Crippen LogP contribution in [0.4, 0.5) is 9.52 Å². The second-order valence-electron chi connectivity index (χ2n) is 5.69. The topological polar surface area (TPSA) is 105 Å². The lowest BCUT2D eigenvalue weighted by molar-refractivity contribution is -0.119. The van der Waals surface area contributed by atoms with Crippen molar-refractivity contribution < 1.29 is 18.7 Å². The lowest BCUT2D eigenvalue weighted by atomic mass is 10.2. The molecule has 3 N–H and O–H groups in total. The van der Waals surface area contributed by atoms with Gasteiger partial charge in [-0.15, -0.1) is 10.2 Å². The van der Waals surface area contributed by atoms with Crippen LogP contribution < -0.4 is 16.2 Å². The molecule has 144 valence electrons. The maximum atomic E-state index is 12.8. The van der Waals surface area contributed by atoms with E-state index in [1.54, 1.807) is 0 Å². The van der Waals surface area contributed by atoms with Crippen LogP contribution in [0.1, 0.15) is 23.2 Å². The summed E-state index contributed by atoms with van der Waals surface area (Å²) in [5, 5.41) is 11.9. The first-order valence-electron chi connectivity index (χ1n) is 8.26. The molecule has 1 aromatic heterocycles. The summed E-state index contributed by atoms with van der Waals surface area (Å²) in [7, 11) is 0. The summed E-state index contributed by atoms with van der Waals surface area (Å²) in [6.45, 7) is 1.49. The van der Waals surface area contributed by atoms with Crippen molar-refractivity contribution in [3.8, 4) is 0 Å². The van der Waals surface area contributed by atoms with Gasteiger partial charge in [0.05, 0.1) is 11.9 Å². The molecule has 11 heteroatoms. The number of amides is 2. The van der Waals surface area contributed by atoms with Crippen molar-refractivity contribution >= 4 is 40.0 Å². The van der Waals surface area contributed by atoms with E-state index in [-0.39, 0.29) is 23.3 Å². The molecule has 1 aromatic carbocycles. The largest absolute Gasteiger partial charge is 0.376 e. The van der Waals surface area contributed by atoms with Crippen LogP contribution >= 0.6 is 23.1 Å². The molecule has 1 fully saturated rings. The van der Waals surface area contributed by atoms with Crippen molar-refractivity contribution in [1.82, 2.24) is 21.0 Å². The van der Waals surface area contributed by atoms with Gasteiger partial charge < -0.3 is 10.1 Å². The minimum atomic E-state index is -0.523. The lowest BCUT2D eigenvalue weighted by Crippen LogP contribution is -2.42. The number of hydrogen-bond acceptors (Lipinski definition) is 8. The average Bonchev–Trinajstić information content (AvgIpc) is 3.35. The third kappa shape index (κ3) is 6.15. The number of aromatic nitrogens is 2. The lowest BCUT2D eigenvalue weighted by Gasteiger charge is -2.08. The zero-order chi connectivity index (χ0) is 19.1. The highest BCUT2D eigenvalue weighted by Gasteiger charge is 2.16. The maximum Gasteiger partial charge on any atom is 0.269 e. The first-order valence-corrected chi connectivity index (χ1v) is 10.1. The number of ether oxygens (including phenoxy) is 1. The van der Waals surface area contributed by atoms with E-state index in [4.69, 9.17) is 4.74 Å². The fourth-order valence-corrected chi connectivity index (χ4v) is 3.87. The smallest absolute Gasteiger partial charge is 0.269 e. The highest BCUT2D eigenvalue weighted by atomic mass is 32.2. The molecule has 1 unspecified atom stereocenters. The number of nitrogens with zero attached hydrogens (tertiary/aromatic N) is 2. The summed E-state index contributed by atoms with van der Waals surface area (Å²) in [6, 6.07) is 5.01. The van der Waals surface area contributed by atoms with Crippen LogP contribution in [0.2, 0.25) is 0 Å². The van der Waals surface area contributed by atoms with Gasteiger partial charge in [0.25, 0.3) is 5.91 Å². The number of thioether (sulfide) groups is 1. The Hall–Kier alpha value is -2.24. The van der Waals surface area contributed by atoms with Gasteiger partial charge >= 0.3 is 0 Å². The highest BCUT2D eigenvalue weighted by Crippen LogP contribution is 2.25. The van der Waals surface area contributed by atoms with Crippen LogP contribution in [0, 0.1) is 5.82 Å². The maximum absolute atomic E-state index is 12.8. The molecule has 1 atom stereocenters. The quantitative estimate of drug-likeness (QED) is 0.471. The molecule has 0 saturated carbocycles. The van der Waals surface area contributed by atoms with Crippen molar-refractivity contribution in [3.63, 3.8) is 0 Å². The summed E-state index contributed by atoms with van der Waals surface area (Å²) >= 11 is 2.57. The van der Waals surface area contributed by atoms with Crippen molar-refractivity contribution in [2.45, 2.75) is 23.3 Å².